The molecule has 0 aliphatic carbocycles. The van der Waals surface area contributed by atoms with Crippen molar-refractivity contribution in [3.63, 3.8) is 0 Å². The first-order valence-corrected chi connectivity index (χ1v) is 9.53. The van der Waals surface area contributed by atoms with Gasteiger partial charge in [-0.25, -0.2) is 0 Å². The molecule has 2 aromatic rings. The van der Waals surface area contributed by atoms with Gasteiger partial charge in [0.25, 0.3) is 6.47 Å². The summed E-state index contributed by atoms with van der Waals surface area (Å²) in [6, 6.07) is 15.3. The summed E-state index contributed by atoms with van der Waals surface area (Å²) in [6.07, 6.45) is 2.22. The summed E-state index contributed by atoms with van der Waals surface area (Å²) < 4.78 is 4.50. The molecule has 0 atom stereocenters. The Balaban J connectivity index is 1.53. The highest BCUT2D eigenvalue weighted by molar-refractivity contribution is 6.61. The zero-order valence-corrected chi connectivity index (χ0v) is 15.8. The first kappa shape index (κ1) is 20.1. The van der Waals surface area contributed by atoms with Crippen LogP contribution in [0.25, 0.3) is 0 Å². The fourth-order valence-electron chi connectivity index (χ4n) is 3.65. The van der Waals surface area contributed by atoms with Gasteiger partial charge in [0.2, 0.25) is 5.91 Å². The molecular formula is C21H25BN2O4. The number of likely N-dealkylation sites (tertiary alicyclic amines) is 1. The number of piperidine rings is 1. The molecular weight excluding hydrogens is 355 g/mol. The standard InChI is InChI=1S/C21H25BN2O4/c23-14-17-2-1-3-19(12-17)18-8-10-24(11-9-18)21(26)13-16-4-6-20(7-5-16)22(27)28-15-25/h1-7,12,15,18,27H,8-11,13-14,23H2. The van der Waals surface area contributed by atoms with E-state index in [0.717, 1.165) is 37.1 Å². The number of benzene rings is 2. The molecule has 0 aromatic heterocycles. The van der Waals surface area contributed by atoms with Crippen LogP contribution < -0.4 is 11.2 Å². The molecule has 0 spiro atoms. The Kier molecular flexibility index (Phi) is 6.84. The Morgan fingerprint density at radius 2 is 1.89 bits per heavy atom. The maximum atomic E-state index is 12.6. The molecule has 7 heteroatoms. The SMILES string of the molecule is NCc1cccc(C2CCN(C(=O)Cc3ccc(B(O)OC=O)cc3)CC2)c1. The summed E-state index contributed by atoms with van der Waals surface area (Å²) in [4.78, 5) is 24.8. The van der Waals surface area contributed by atoms with Crippen molar-refractivity contribution in [1.29, 1.82) is 0 Å². The second-order valence-corrected chi connectivity index (χ2v) is 7.11. The fraction of sp³-hybridized carbons (Fsp3) is 0.333. The van der Waals surface area contributed by atoms with Gasteiger partial charge < -0.3 is 20.3 Å². The van der Waals surface area contributed by atoms with E-state index in [-0.39, 0.29) is 12.4 Å². The number of carbonyl (C=O) groups is 2. The highest BCUT2D eigenvalue weighted by Gasteiger charge is 2.24. The molecule has 1 aliphatic heterocycles. The molecule has 6 nitrogen and oxygen atoms in total. The molecule has 3 rings (SSSR count). The topological polar surface area (TPSA) is 92.9 Å². The Labute approximate surface area is 165 Å². The molecule has 1 heterocycles. The number of hydrogen-bond donors (Lipinski definition) is 2. The van der Waals surface area contributed by atoms with E-state index in [1.54, 1.807) is 24.3 Å². The largest absolute Gasteiger partial charge is 0.561 e. The van der Waals surface area contributed by atoms with E-state index >= 15 is 0 Å². The van der Waals surface area contributed by atoms with Crippen molar-refractivity contribution in [2.24, 2.45) is 5.73 Å². The third-order valence-corrected chi connectivity index (χ3v) is 5.31. The highest BCUT2D eigenvalue weighted by Crippen LogP contribution is 2.28. The first-order chi connectivity index (χ1) is 13.6. The molecule has 1 amide bonds. The third kappa shape index (κ3) is 5.00. The lowest BCUT2D eigenvalue weighted by atomic mass is 9.79. The average Bonchev–Trinajstić information content (AvgIpc) is 2.74. The molecule has 3 N–H and O–H groups in total. The summed E-state index contributed by atoms with van der Waals surface area (Å²) in [7, 11) is -1.28. The van der Waals surface area contributed by atoms with Crippen LogP contribution in [0.3, 0.4) is 0 Å². The van der Waals surface area contributed by atoms with Crippen LogP contribution in [-0.2, 0) is 27.2 Å². The van der Waals surface area contributed by atoms with Crippen LogP contribution in [0, 0.1) is 0 Å². The smallest absolute Gasteiger partial charge is 0.508 e. The lowest BCUT2D eigenvalue weighted by Crippen LogP contribution is -2.39. The molecule has 2 aromatic carbocycles. The van der Waals surface area contributed by atoms with Crippen molar-refractivity contribution < 1.29 is 19.3 Å². The second-order valence-electron chi connectivity index (χ2n) is 7.11. The lowest BCUT2D eigenvalue weighted by molar-refractivity contribution is -0.131. The summed E-state index contributed by atoms with van der Waals surface area (Å²) in [6.45, 7) is 2.25. The molecule has 0 unspecified atom stereocenters. The van der Waals surface area contributed by atoms with Crippen LogP contribution in [0.4, 0.5) is 0 Å². The van der Waals surface area contributed by atoms with Gasteiger partial charge in [0.15, 0.2) is 0 Å². The van der Waals surface area contributed by atoms with E-state index in [1.807, 2.05) is 11.0 Å². The summed E-state index contributed by atoms with van der Waals surface area (Å²) in [5.74, 6) is 0.570. The third-order valence-electron chi connectivity index (χ3n) is 5.31. The van der Waals surface area contributed by atoms with Gasteiger partial charge in [0, 0.05) is 19.6 Å². The van der Waals surface area contributed by atoms with Crippen molar-refractivity contribution >= 4 is 25.0 Å². The first-order valence-electron chi connectivity index (χ1n) is 9.53. The predicted octanol–water partition coefficient (Wildman–Crippen LogP) is 0.954. The van der Waals surface area contributed by atoms with Crippen molar-refractivity contribution in [3.8, 4) is 0 Å². The Morgan fingerprint density at radius 1 is 1.18 bits per heavy atom. The number of rotatable bonds is 7. The maximum Gasteiger partial charge on any atom is 0.561 e. The summed E-state index contributed by atoms with van der Waals surface area (Å²) in [5, 5.41) is 9.61. The highest BCUT2D eigenvalue weighted by atomic mass is 16.5. The Hall–Kier alpha value is -2.64. The van der Waals surface area contributed by atoms with Gasteiger partial charge in [-0.2, -0.15) is 0 Å². The van der Waals surface area contributed by atoms with E-state index in [4.69, 9.17) is 5.73 Å². The second kappa shape index (κ2) is 9.53. The fourth-order valence-corrected chi connectivity index (χ4v) is 3.65. The van der Waals surface area contributed by atoms with Crippen LogP contribution in [0.5, 0.6) is 0 Å². The Morgan fingerprint density at radius 3 is 2.54 bits per heavy atom. The van der Waals surface area contributed by atoms with E-state index < -0.39 is 7.12 Å². The molecule has 28 heavy (non-hydrogen) atoms. The van der Waals surface area contributed by atoms with Gasteiger partial charge in [-0.15, -0.1) is 0 Å². The number of hydrogen-bond acceptors (Lipinski definition) is 5. The zero-order valence-electron chi connectivity index (χ0n) is 15.8. The van der Waals surface area contributed by atoms with Crippen LogP contribution in [0.2, 0.25) is 0 Å². The van der Waals surface area contributed by atoms with E-state index in [2.05, 4.69) is 22.9 Å². The quantitative estimate of drug-likeness (QED) is 0.551. The minimum absolute atomic E-state index is 0.103. The van der Waals surface area contributed by atoms with Crippen LogP contribution in [0.1, 0.15) is 35.4 Å². The minimum atomic E-state index is -1.28. The lowest BCUT2D eigenvalue weighted by Gasteiger charge is -2.32. The van der Waals surface area contributed by atoms with E-state index in [9.17, 15) is 14.6 Å². The number of nitrogens with two attached hydrogens (primary N) is 1. The van der Waals surface area contributed by atoms with Crippen LogP contribution >= 0.6 is 0 Å². The van der Waals surface area contributed by atoms with Gasteiger partial charge in [-0.05, 0) is 40.9 Å². The van der Waals surface area contributed by atoms with Gasteiger partial charge in [-0.1, -0.05) is 48.5 Å². The van der Waals surface area contributed by atoms with Crippen molar-refractivity contribution in [1.82, 2.24) is 4.90 Å². The molecule has 146 valence electrons. The summed E-state index contributed by atoms with van der Waals surface area (Å²) in [5.41, 5.74) is 9.53. The normalized spacial score (nSPS) is 14.6. The monoisotopic (exact) mass is 380 g/mol. The van der Waals surface area contributed by atoms with Crippen molar-refractivity contribution in [3.05, 3.63) is 65.2 Å². The van der Waals surface area contributed by atoms with Gasteiger partial charge in [0.05, 0.1) is 6.42 Å². The number of nitrogens with zero attached hydrogens (tertiary/aromatic N) is 1. The van der Waals surface area contributed by atoms with Gasteiger partial charge in [0.1, 0.15) is 0 Å². The molecule has 0 bridgehead atoms. The van der Waals surface area contributed by atoms with Crippen LogP contribution in [0.15, 0.2) is 48.5 Å². The Bertz CT molecular complexity index is 804. The molecule has 0 radical (unpaired) electrons. The van der Waals surface area contributed by atoms with Gasteiger partial charge in [-0.3, -0.25) is 9.59 Å². The average molecular weight is 380 g/mol. The predicted molar refractivity (Wildman–Crippen MR) is 108 cm³/mol. The number of amides is 1. The van der Waals surface area contributed by atoms with Crippen molar-refractivity contribution in [2.45, 2.75) is 31.7 Å². The minimum Gasteiger partial charge on any atom is -0.508 e. The molecule has 1 saturated heterocycles. The molecule has 1 fully saturated rings. The maximum absolute atomic E-state index is 12.6. The number of carbonyl (C=O) groups excluding carboxylic acids is 2. The zero-order chi connectivity index (χ0) is 19.9. The molecule has 0 saturated carbocycles. The van der Waals surface area contributed by atoms with Gasteiger partial charge >= 0.3 is 7.12 Å². The summed E-state index contributed by atoms with van der Waals surface area (Å²) >= 11 is 0. The van der Waals surface area contributed by atoms with E-state index in [1.165, 1.54) is 5.56 Å². The van der Waals surface area contributed by atoms with Crippen LogP contribution in [-0.4, -0.2) is 42.5 Å². The molecule has 1 aliphatic rings. The van der Waals surface area contributed by atoms with E-state index in [0.29, 0.717) is 24.3 Å². The van der Waals surface area contributed by atoms with Crippen molar-refractivity contribution in [2.75, 3.05) is 13.1 Å².